The molecule has 20 heavy (non-hydrogen) atoms. The van der Waals surface area contributed by atoms with Crippen LogP contribution in [0.3, 0.4) is 0 Å². The molecule has 0 aromatic carbocycles. The fourth-order valence-corrected chi connectivity index (χ4v) is 6.02. The first kappa shape index (κ1) is 13.1. The van der Waals surface area contributed by atoms with Crippen LogP contribution < -0.4 is 0 Å². The van der Waals surface area contributed by atoms with Gasteiger partial charge < -0.3 is 5.11 Å². The molecule has 2 saturated carbocycles. The Morgan fingerprint density at radius 3 is 2.80 bits per heavy atom. The maximum absolute atomic E-state index is 11.7. The lowest BCUT2D eigenvalue weighted by atomic mass is 9.54. The molecule has 0 heterocycles. The number of ketones is 1. The summed E-state index contributed by atoms with van der Waals surface area (Å²) in [5.74, 6) is 2.72. The first-order valence-electron chi connectivity index (χ1n) is 8.50. The molecule has 0 aliphatic heterocycles. The molecule has 2 fully saturated rings. The quantitative estimate of drug-likeness (QED) is 0.685. The molecule has 0 amide bonds. The summed E-state index contributed by atoms with van der Waals surface area (Å²) in [5, 5.41) is 10.4. The second kappa shape index (κ2) is 4.43. The highest BCUT2D eigenvalue weighted by molar-refractivity contribution is 5.82. The minimum atomic E-state index is -0.0724. The molecule has 4 rings (SSSR count). The molecule has 2 nitrogen and oxygen atoms in total. The Hall–Kier alpha value is -0.630. The van der Waals surface area contributed by atoms with Gasteiger partial charge in [-0.15, -0.1) is 0 Å². The van der Waals surface area contributed by atoms with E-state index in [1.54, 1.807) is 5.57 Å². The number of carbonyl (C=O) groups excluding carboxylic acids is 1. The summed E-state index contributed by atoms with van der Waals surface area (Å²) in [6.45, 7) is 2.33. The number of aliphatic hydroxyl groups is 1. The van der Waals surface area contributed by atoms with E-state index in [-0.39, 0.29) is 11.5 Å². The molecule has 0 bridgehead atoms. The Morgan fingerprint density at radius 2 is 1.95 bits per heavy atom. The van der Waals surface area contributed by atoms with Gasteiger partial charge in [-0.3, -0.25) is 4.79 Å². The van der Waals surface area contributed by atoms with Gasteiger partial charge in [-0.2, -0.15) is 0 Å². The number of fused-ring (bicyclic) bond motifs is 4. The zero-order chi connectivity index (χ0) is 13.9. The van der Waals surface area contributed by atoms with Crippen molar-refractivity contribution >= 4 is 5.78 Å². The normalized spacial score (nSPS) is 47.8. The van der Waals surface area contributed by atoms with Crippen LogP contribution in [-0.4, -0.2) is 17.0 Å². The number of carbonyl (C=O) groups is 1. The molecule has 1 N–H and O–H groups in total. The zero-order valence-electron chi connectivity index (χ0n) is 12.5. The standard InChI is InChI=1S/C18H26O2/c1-18-9-8-14-13-5-3-12(19)10-11(13)2-4-15(14)16(18)6-7-17(18)20/h14-17,20H,2-10H2,1H3/t14-,15+,16+,17+,18+/m1/s1. The Morgan fingerprint density at radius 1 is 1.10 bits per heavy atom. The Balaban J connectivity index is 1.65. The number of rotatable bonds is 0. The van der Waals surface area contributed by atoms with Gasteiger partial charge in [0.1, 0.15) is 5.78 Å². The van der Waals surface area contributed by atoms with Crippen LogP contribution in [0.2, 0.25) is 0 Å². The van der Waals surface area contributed by atoms with Gasteiger partial charge >= 0.3 is 0 Å². The number of allylic oxidation sites excluding steroid dienone is 2. The SMILES string of the molecule is C[C@]12CC[C@@H]3C4=C(CC[C@@H]3[C@@H]1CC[C@@H]2O)CC(=O)CC4. The third-order valence-corrected chi connectivity index (χ3v) is 7.15. The Labute approximate surface area is 121 Å². The molecule has 0 radical (unpaired) electrons. The smallest absolute Gasteiger partial charge is 0.137 e. The fraction of sp³-hybridized carbons (Fsp3) is 0.833. The van der Waals surface area contributed by atoms with E-state index in [4.69, 9.17) is 0 Å². The third kappa shape index (κ3) is 1.70. The predicted molar refractivity (Wildman–Crippen MR) is 78.2 cm³/mol. The van der Waals surface area contributed by atoms with E-state index in [2.05, 4.69) is 6.92 Å². The highest BCUT2D eigenvalue weighted by Gasteiger charge is 2.54. The number of aliphatic hydroxyl groups excluding tert-OH is 1. The van der Waals surface area contributed by atoms with Crippen molar-refractivity contribution in [1.82, 2.24) is 0 Å². The van der Waals surface area contributed by atoms with Crippen LogP contribution >= 0.6 is 0 Å². The van der Waals surface area contributed by atoms with Crippen LogP contribution in [0.1, 0.15) is 64.7 Å². The van der Waals surface area contributed by atoms with Crippen LogP contribution in [-0.2, 0) is 4.79 Å². The van der Waals surface area contributed by atoms with Crippen LogP contribution in [0, 0.1) is 23.2 Å². The maximum Gasteiger partial charge on any atom is 0.137 e. The average molecular weight is 274 g/mol. The summed E-state index contributed by atoms with van der Waals surface area (Å²) in [4.78, 5) is 11.7. The van der Waals surface area contributed by atoms with Crippen LogP contribution in [0.15, 0.2) is 11.1 Å². The lowest BCUT2D eigenvalue weighted by Gasteiger charge is -2.51. The van der Waals surface area contributed by atoms with Crippen molar-refractivity contribution in [2.75, 3.05) is 0 Å². The lowest BCUT2D eigenvalue weighted by Crippen LogP contribution is -2.45. The molecule has 4 aliphatic rings. The van der Waals surface area contributed by atoms with Gasteiger partial charge in [0.15, 0.2) is 0 Å². The number of Topliss-reactive ketones (excluding diaryl/α,β-unsaturated/α-hetero) is 1. The first-order chi connectivity index (χ1) is 9.59. The highest BCUT2D eigenvalue weighted by atomic mass is 16.3. The third-order valence-electron chi connectivity index (χ3n) is 7.15. The van der Waals surface area contributed by atoms with E-state index in [0.717, 1.165) is 49.9 Å². The van der Waals surface area contributed by atoms with Crippen molar-refractivity contribution in [1.29, 1.82) is 0 Å². The zero-order valence-corrected chi connectivity index (χ0v) is 12.5. The van der Waals surface area contributed by atoms with Crippen LogP contribution in [0.5, 0.6) is 0 Å². The van der Waals surface area contributed by atoms with Gasteiger partial charge in [-0.05, 0) is 68.1 Å². The van der Waals surface area contributed by atoms with Crippen molar-refractivity contribution in [2.24, 2.45) is 23.2 Å². The molecule has 0 spiro atoms. The Kier molecular flexibility index (Phi) is 2.89. The lowest BCUT2D eigenvalue weighted by molar-refractivity contribution is -0.119. The number of hydrogen-bond donors (Lipinski definition) is 1. The van der Waals surface area contributed by atoms with E-state index in [9.17, 15) is 9.90 Å². The maximum atomic E-state index is 11.7. The van der Waals surface area contributed by atoms with E-state index in [1.807, 2.05) is 0 Å². The predicted octanol–water partition coefficient (Wildman–Crippen LogP) is 3.63. The van der Waals surface area contributed by atoms with E-state index in [0.29, 0.717) is 5.78 Å². The second-order valence-electron chi connectivity index (χ2n) is 7.90. The number of hydrogen-bond acceptors (Lipinski definition) is 2. The van der Waals surface area contributed by atoms with Gasteiger partial charge in [0.05, 0.1) is 6.10 Å². The summed E-state index contributed by atoms with van der Waals surface area (Å²) >= 11 is 0. The summed E-state index contributed by atoms with van der Waals surface area (Å²) in [7, 11) is 0. The van der Waals surface area contributed by atoms with Gasteiger partial charge in [0.2, 0.25) is 0 Å². The highest BCUT2D eigenvalue weighted by Crippen LogP contribution is 2.60. The van der Waals surface area contributed by atoms with Gasteiger partial charge in [-0.1, -0.05) is 18.1 Å². The topological polar surface area (TPSA) is 37.3 Å². The van der Waals surface area contributed by atoms with Gasteiger partial charge in [0, 0.05) is 12.8 Å². The Bertz CT molecular complexity index is 478. The fourth-order valence-electron chi connectivity index (χ4n) is 6.02. The van der Waals surface area contributed by atoms with Crippen molar-refractivity contribution in [3.05, 3.63) is 11.1 Å². The summed E-state index contributed by atoms with van der Waals surface area (Å²) in [6.07, 6.45) is 9.60. The van der Waals surface area contributed by atoms with Crippen LogP contribution in [0.4, 0.5) is 0 Å². The van der Waals surface area contributed by atoms with Crippen molar-refractivity contribution < 1.29 is 9.90 Å². The molecule has 0 aromatic heterocycles. The van der Waals surface area contributed by atoms with Crippen LogP contribution in [0.25, 0.3) is 0 Å². The van der Waals surface area contributed by atoms with E-state index in [1.165, 1.54) is 31.3 Å². The second-order valence-corrected chi connectivity index (χ2v) is 7.90. The molecule has 5 atom stereocenters. The molecule has 4 aliphatic carbocycles. The minimum absolute atomic E-state index is 0.0724. The molecule has 110 valence electrons. The molecule has 0 saturated heterocycles. The molecule has 2 heteroatoms. The average Bonchev–Trinajstić information content (AvgIpc) is 2.74. The summed E-state index contributed by atoms with van der Waals surface area (Å²) in [5.41, 5.74) is 3.36. The van der Waals surface area contributed by atoms with Gasteiger partial charge in [0.25, 0.3) is 0 Å². The van der Waals surface area contributed by atoms with Crippen molar-refractivity contribution in [2.45, 2.75) is 70.8 Å². The molecular formula is C18H26O2. The largest absolute Gasteiger partial charge is 0.393 e. The van der Waals surface area contributed by atoms with Gasteiger partial charge in [-0.25, -0.2) is 0 Å². The molecule has 0 aromatic rings. The minimum Gasteiger partial charge on any atom is -0.393 e. The molecule has 0 unspecified atom stereocenters. The van der Waals surface area contributed by atoms with Crippen molar-refractivity contribution in [3.8, 4) is 0 Å². The summed E-state index contributed by atoms with van der Waals surface area (Å²) < 4.78 is 0. The van der Waals surface area contributed by atoms with Crippen molar-refractivity contribution in [3.63, 3.8) is 0 Å². The summed E-state index contributed by atoms with van der Waals surface area (Å²) in [6, 6.07) is 0. The first-order valence-corrected chi connectivity index (χ1v) is 8.50. The van der Waals surface area contributed by atoms with E-state index < -0.39 is 0 Å². The van der Waals surface area contributed by atoms with E-state index >= 15 is 0 Å². The molecular weight excluding hydrogens is 248 g/mol. The monoisotopic (exact) mass is 274 g/mol.